The number of ether oxygens (including phenoxy) is 2. The highest BCUT2D eigenvalue weighted by atomic mass is 127. The van der Waals surface area contributed by atoms with Gasteiger partial charge in [0.15, 0.2) is 16.6 Å². The highest BCUT2D eigenvalue weighted by Gasteiger charge is 2.32. The van der Waals surface area contributed by atoms with E-state index in [0.29, 0.717) is 23.7 Å². The monoisotopic (exact) mass is 484 g/mol. The summed E-state index contributed by atoms with van der Waals surface area (Å²) in [7, 11) is 1.52. The van der Waals surface area contributed by atoms with Gasteiger partial charge in [0.2, 0.25) is 0 Å². The summed E-state index contributed by atoms with van der Waals surface area (Å²) in [6.45, 7) is 7.76. The highest BCUT2D eigenvalue weighted by molar-refractivity contribution is 14.1. The molecular formula is C18H17IN2O4S. The first kappa shape index (κ1) is 20.1. The summed E-state index contributed by atoms with van der Waals surface area (Å²) in [4.78, 5) is 26.1. The minimum Gasteiger partial charge on any atom is -0.493 e. The van der Waals surface area contributed by atoms with E-state index in [4.69, 9.17) is 21.7 Å². The molecule has 6 nitrogen and oxygen atoms in total. The Labute approximate surface area is 170 Å². The number of carbonyl (C=O) groups excluding carboxylic acids is 2. The van der Waals surface area contributed by atoms with E-state index in [2.05, 4.69) is 41.1 Å². The van der Waals surface area contributed by atoms with Crippen LogP contribution < -0.4 is 14.8 Å². The third-order valence-electron chi connectivity index (χ3n) is 3.41. The van der Waals surface area contributed by atoms with E-state index in [-0.39, 0.29) is 17.2 Å². The van der Waals surface area contributed by atoms with Crippen LogP contribution >= 0.6 is 34.8 Å². The molecule has 1 heterocycles. The fourth-order valence-electron chi connectivity index (χ4n) is 2.26. The number of hydrogen-bond acceptors (Lipinski definition) is 5. The molecule has 26 heavy (non-hydrogen) atoms. The van der Waals surface area contributed by atoms with Crippen LogP contribution in [0.1, 0.15) is 5.56 Å². The van der Waals surface area contributed by atoms with Crippen LogP contribution in [0.5, 0.6) is 11.5 Å². The van der Waals surface area contributed by atoms with Crippen molar-refractivity contribution in [3.63, 3.8) is 0 Å². The fourth-order valence-corrected chi connectivity index (χ4v) is 3.29. The van der Waals surface area contributed by atoms with E-state index >= 15 is 0 Å². The number of halogens is 1. The van der Waals surface area contributed by atoms with E-state index < -0.39 is 11.8 Å². The Morgan fingerprint density at radius 1 is 1.31 bits per heavy atom. The van der Waals surface area contributed by atoms with Crippen molar-refractivity contribution in [2.45, 2.75) is 0 Å². The molecule has 0 atom stereocenters. The molecule has 0 aliphatic carbocycles. The number of nitrogens with one attached hydrogen (secondary N) is 1. The van der Waals surface area contributed by atoms with Gasteiger partial charge in [-0.1, -0.05) is 18.7 Å². The summed E-state index contributed by atoms with van der Waals surface area (Å²) in [5, 5.41) is 2.58. The van der Waals surface area contributed by atoms with Crippen molar-refractivity contribution in [2.75, 3.05) is 20.3 Å². The zero-order valence-electron chi connectivity index (χ0n) is 14.1. The Morgan fingerprint density at radius 2 is 2.04 bits per heavy atom. The van der Waals surface area contributed by atoms with E-state index in [0.717, 1.165) is 3.57 Å². The second kappa shape index (κ2) is 8.95. The maximum Gasteiger partial charge on any atom is 0.265 e. The molecule has 1 saturated heterocycles. The van der Waals surface area contributed by atoms with Crippen molar-refractivity contribution in [1.29, 1.82) is 0 Å². The average molecular weight is 484 g/mol. The molecule has 1 aliphatic rings. The van der Waals surface area contributed by atoms with Gasteiger partial charge >= 0.3 is 0 Å². The van der Waals surface area contributed by atoms with Crippen molar-refractivity contribution in [3.05, 3.63) is 52.1 Å². The van der Waals surface area contributed by atoms with Crippen molar-refractivity contribution in [1.82, 2.24) is 10.2 Å². The van der Waals surface area contributed by atoms with Gasteiger partial charge < -0.3 is 9.47 Å². The van der Waals surface area contributed by atoms with Gasteiger partial charge in [-0.2, -0.15) is 0 Å². The van der Waals surface area contributed by atoms with Crippen molar-refractivity contribution < 1.29 is 19.1 Å². The van der Waals surface area contributed by atoms with Gasteiger partial charge in [0, 0.05) is 6.54 Å². The zero-order chi connectivity index (χ0) is 19.3. The number of rotatable bonds is 7. The summed E-state index contributed by atoms with van der Waals surface area (Å²) < 4.78 is 11.7. The minimum absolute atomic E-state index is 0.0157. The van der Waals surface area contributed by atoms with Crippen LogP contribution in [0, 0.1) is 3.57 Å². The van der Waals surface area contributed by atoms with Gasteiger partial charge in [-0.25, -0.2) is 0 Å². The molecule has 0 unspecified atom stereocenters. The van der Waals surface area contributed by atoms with Crippen LogP contribution in [0.25, 0.3) is 6.08 Å². The largest absolute Gasteiger partial charge is 0.493 e. The van der Waals surface area contributed by atoms with Gasteiger partial charge in [-0.3, -0.25) is 19.8 Å². The number of carbonyl (C=O) groups is 2. The van der Waals surface area contributed by atoms with Gasteiger partial charge in [0.1, 0.15) is 12.2 Å². The first-order valence-corrected chi connectivity index (χ1v) is 9.02. The lowest BCUT2D eigenvalue weighted by Crippen LogP contribution is -2.53. The summed E-state index contributed by atoms with van der Waals surface area (Å²) in [5.74, 6) is 0.0534. The van der Waals surface area contributed by atoms with Crippen molar-refractivity contribution in [2.24, 2.45) is 0 Å². The maximum absolute atomic E-state index is 12.6. The molecule has 0 spiro atoms. The van der Waals surface area contributed by atoms with Gasteiger partial charge in [0.05, 0.1) is 10.7 Å². The Bertz CT molecular complexity index is 820. The quantitative estimate of drug-likeness (QED) is 0.212. The summed E-state index contributed by atoms with van der Waals surface area (Å²) in [5.41, 5.74) is 0.611. The number of hydrogen-bond donors (Lipinski definition) is 1. The first-order valence-electron chi connectivity index (χ1n) is 7.54. The fraction of sp³-hybridized carbons (Fsp3) is 0.167. The predicted octanol–water partition coefficient (Wildman–Crippen LogP) is 2.68. The molecule has 1 aromatic rings. The number of methoxy groups -OCH3 is 1. The standard InChI is InChI=1S/C18H17IN2O4S/c1-4-6-21-17(23)12(16(22)20-18(21)26)8-11-9-13(19)15(25-7-5-2)14(10-11)24-3/h4-5,8-10H,1-2,6-7H2,3H3,(H,20,22,26)/b12-8+. The lowest BCUT2D eigenvalue weighted by Gasteiger charge is -2.27. The summed E-state index contributed by atoms with van der Waals surface area (Å²) >= 11 is 7.14. The highest BCUT2D eigenvalue weighted by Crippen LogP contribution is 2.34. The molecular weight excluding hydrogens is 467 g/mol. The Kier molecular flexibility index (Phi) is 6.92. The van der Waals surface area contributed by atoms with Crippen molar-refractivity contribution >= 4 is 57.8 Å². The van der Waals surface area contributed by atoms with E-state index in [1.807, 2.05) is 0 Å². The molecule has 2 amide bonds. The average Bonchev–Trinajstić information content (AvgIpc) is 2.60. The topological polar surface area (TPSA) is 67.9 Å². The molecule has 136 valence electrons. The smallest absolute Gasteiger partial charge is 0.265 e. The lowest BCUT2D eigenvalue weighted by molar-refractivity contribution is -0.128. The Morgan fingerprint density at radius 3 is 2.65 bits per heavy atom. The van der Waals surface area contributed by atoms with Gasteiger partial charge in [-0.05, 0) is 58.6 Å². The molecule has 0 bridgehead atoms. The SMILES string of the molecule is C=CCOc1c(I)cc(/C=C2\C(=O)NC(=S)N(CC=C)C2=O)cc1OC. The van der Waals surface area contributed by atoms with Crippen LogP contribution in [-0.2, 0) is 9.59 Å². The van der Waals surface area contributed by atoms with E-state index in [1.165, 1.54) is 24.2 Å². The van der Waals surface area contributed by atoms with Crippen LogP contribution in [0.15, 0.2) is 43.0 Å². The van der Waals surface area contributed by atoms with E-state index in [9.17, 15) is 9.59 Å². The molecule has 1 aromatic carbocycles. The van der Waals surface area contributed by atoms with Gasteiger partial charge in [0.25, 0.3) is 11.8 Å². The maximum atomic E-state index is 12.6. The normalized spacial score (nSPS) is 15.7. The van der Waals surface area contributed by atoms with Crippen LogP contribution in [0.3, 0.4) is 0 Å². The number of benzene rings is 1. The first-order chi connectivity index (χ1) is 12.4. The Balaban J connectivity index is 2.44. The Hall–Kier alpha value is -2.20. The lowest BCUT2D eigenvalue weighted by atomic mass is 10.1. The van der Waals surface area contributed by atoms with E-state index in [1.54, 1.807) is 18.2 Å². The van der Waals surface area contributed by atoms with Crippen LogP contribution in [-0.4, -0.2) is 42.1 Å². The van der Waals surface area contributed by atoms with Crippen molar-refractivity contribution in [3.8, 4) is 11.5 Å². The van der Waals surface area contributed by atoms with Gasteiger partial charge in [-0.15, -0.1) is 6.58 Å². The molecule has 8 heteroatoms. The van der Waals surface area contributed by atoms with Crippen LogP contribution in [0.4, 0.5) is 0 Å². The number of amides is 2. The zero-order valence-corrected chi connectivity index (χ0v) is 17.1. The third-order valence-corrected chi connectivity index (χ3v) is 4.53. The molecule has 1 fully saturated rings. The second-order valence-electron chi connectivity index (χ2n) is 5.16. The predicted molar refractivity (Wildman–Crippen MR) is 112 cm³/mol. The molecule has 0 saturated carbocycles. The van der Waals surface area contributed by atoms with Crippen LogP contribution in [0.2, 0.25) is 0 Å². The summed E-state index contributed by atoms with van der Waals surface area (Å²) in [6.07, 6.45) is 4.67. The second-order valence-corrected chi connectivity index (χ2v) is 6.70. The molecule has 0 radical (unpaired) electrons. The third kappa shape index (κ3) is 4.31. The summed E-state index contributed by atoms with van der Waals surface area (Å²) in [6, 6.07) is 3.48. The molecule has 1 N–H and O–H groups in total. The molecule has 0 aromatic heterocycles. The number of nitrogens with zero attached hydrogens (tertiary/aromatic N) is 1. The minimum atomic E-state index is -0.540. The molecule has 1 aliphatic heterocycles. The number of thiocarbonyl (C=S) groups is 1. The molecule has 2 rings (SSSR count).